The first kappa shape index (κ1) is 35.6. The lowest BCUT2D eigenvalue weighted by Crippen LogP contribution is -2.46. The number of ether oxygens (including phenoxy) is 2. The van der Waals surface area contributed by atoms with Crippen molar-refractivity contribution >= 4 is 37.2 Å². The van der Waals surface area contributed by atoms with Gasteiger partial charge in [-0.3, -0.25) is 19.2 Å². The molecule has 1 fully saturated rings. The number of hydrogen-bond acceptors (Lipinski definition) is 8. The van der Waals surface area contributed by atoms with Gasteiger partial charge in [-0.15, -0.1) is 11.7 Å². The molecule has 54 heavy (non-hydrogen) atoms. The summed E-state index contributed by atoms with van der Waals surface area (Å²) >= 11 is 0. The topological polar surface area (TPSA) is 130 Å². The number of aryl methyl sites for hydroxylation is 1. The van der Waals surface area contributed by atoms with E-state index in [9.17, 15) is 19.5 Å². The molecule has 1 spiro atoms. The van der Waals surface area contributed by atoms with Gasteiger partial charge in [-0.2, -0.15) is 0 Å². The van der Waals surface area contributed by atoms with Crippen LogP contribution < -0.4 is 14.5 Å². The van der Waals surface area contributed by atoms with Crippen molar-refractivity contribution < 1.29 is 29.0 Å². The molecule has 11 nitrogen and oxygen atoms in total. The second kappa shape index (κ2) is 13.8. The molecule has 3 aliphatic rings. The number of amides is 2. The monoisotopic (exact) mass is 741 g/mol. The first-order valence-corrected chi connectivity index (χ1v) is 21.3. The Labute approximate surface area is 315 Å². The second-order valence-electron chi connectivity index (χ2n) is 14.8. The summed E-state index contributed by atoms with van der Waals surface area (Å²) in [6, 6.07) is 29.9. The van der Waals surface area contributed by atoms with Crippen LogP contribution in [-0.2, 0) is 21.7 Å². The second-order valence-corrected chi connectivity index (χ2v) is 18.8. The fraction of sp³-hybridized carbons (Fsp3) is 0.286. The molecule has 1 saturated heterocycles. The summed E-state index contributed by atoms with van der Waals surface area (Å²) in [5.74, 6) is -0.226. The van der Waals surface area contributed by atoms with Crippen LogP contribution in [0.3, 0.4) is 0 Å². The van der Waals surface area contributed by atoms with Crippen molar-refractivity contribution in [3.05, 3.63) is 138 Å². The summed E-state index contributed by atoms with van der Waals surface area (Å²) in [7, 11) is -2.96. The number of hydrogen-bond donors (Lipinski definition) is 2. The molecular formula is C42H43N5O6Si. The van der Waals surface area contributed by atoms with E-state index in [1.54, 1.807) is 38.8 Å². The minimum Gasteiger partial charge on any atom is -0.454 e. The lowest BCUT2D eigenvalue weighted by Gasteiger charge is -2.32. The number of carbonyl (C=O) groups is 2. The van der Waals surface area contributed by atoms with Crippen LogP contribution >= 0.6 is 0 Å². The standard InChI is InChI=1S/C42H43N5O6Si/c1-5-22-46-34-20-19-29(47-35-16-10-12-18-37(35)52-36-17-11-9-15-30(36)40(47)49)24-32(34)42(41(46)50)27(2)39(54(3,4)51)38(53-42)21-23-45-25-33(43-44-45)31(26-48)28-13-7-6-8-14-28/h5-20,24-25,27,31,38-39,48,51H,1,21-23,26H2,2-4H3/t27-,31?,38+,39-,42+/m1/s1. The Kier molecular flexibility index (Phi) is 9.09. The summed E-state index contributed by atoms with van der Waals surface area (Å²) in [6.07, 6.45) is 3.49. The summed E-state index contributed by atoms with van der Waals surface area (Å²) < 4.78 is 15.1. The molecular weight excluding hydrogens is 699 g/mol. The molecule has 1 unspecified atom stereocenters. The smallest absolute Gasteiger partial charge is 0.266 e. The van der Waals surface area contributed by atoms with Crippen molar-refractivity contribution in [3.63, 3.8) is 0 Å². The number of aromatic nitrogens is 3. The van der Waals surface area contributed by atoms with Crippen LogP contribution in [0.4, 0.5) is 17.1 Å². The molecule has 0 aliphatic carbocycles. The summed E-state index contributed by atoms with van der Waals surface area (Å²) in [6.45, 7) is 10.3. The molecule has 1 aromatic heterocycles. The number of benzene rings is 4. The largest absolute Gasteiger partial charge is 0.454 e. The highest BCUT2D eigenvalue weighted by atomic mass is 28.4. The number of fused-ring (bicyclic) bond motifs is 4. The van der Waals surface area contributed by atoms with Gasteiger partial charge in [-0.25, -0.2) is 0 Å². The maximum atomic E-state index is 14.8. The predicted octanol–water partition coefficient (Wildman–Crippen LogP) is 6.91. The van der Waals surface area contributed by atoms with Gasteiger partial charge in [-0.05, 0) is 67.5 Å². The van der Waals surface area contributed by atoms with Gasteiger partial charge in [0.2, 0.25) is 0 Å². The van der Waals surface area contributed by atoms with E-state index in [0.29, 0.717) is 58.3 Å². The van der Waals surface area contributed by atoms with E-state index in [1.165, 1.54) is 0 Å². The molecule has 2 amide bonds. The molecule has 3 aliphatic heterocycles. The van der Waals surface area contributed by atoms with Crippen LogP contribution in [0.25, 0.3) is 0 Å². The Hall–Kier alpha value is -5.40. The minimum absolute atomic E-state index is 0.111. The molecule has 0 saturated carbocycles. The third-order valence-electron chi connectivity index (χ3n) is 11.1. The van der Waals surface area contributed by atoms with Crippen molar-refractivity contribution in [2.45, 2.75) is 56.1 Å². The zero-order valence-corrected chi connectivity index (χ0v) is 31.5. The lowest BCUT2D eigenvalue weighted by molar-refractivity contribution is -0.145. The summed E-state index contributed by atoms with van der Waals surface area (Å²) in [4.78, 5) is 44.4. The average Bonchev–Trinajstić information content (AvgIpc) is 3.80. The van der Waals surface area contributed by atoms with E-state index in [-0.39, 0.29) is 36.4 Å². The van der Waals surface area contributed by atoms with E-state index in [2.05, 4.69) is 16.9 Å². The number of para-hydroxylation sites is 3. The normalized spacial score (nSPS) is 22.4. The molecule has 0 bridgehead atoms. The maximum absolute atomic E-state index is 14.8. The molecule has 0 radical (unpaired) electrons. The van der Waals surface area contributed by atoms with Gasteiger partial charge >= 0.3 is 0 Å². The van der Waals surface area contributed by atoms with Gasteiger partial charge in [0.1, 0.15) is 5.75 Å². The van der Waals surface area contributed by atoms with Crippen LogP contribution in [0.5, 0.6) is 11.5 Å². The van der Waals surface area contributed by atoms with Crippen LogP contribution in [0, 0.1) is 5.92 Å². The van der Waals surface area contributed by atoms with Gasteiger partial charge < -0.3 is 24.3 Å². The van der Waals surface area contributed by atoms with Crippen LogP contribution in [0.1, 0.15) is 46.4 Å². The molecule has 276 valence electrons. The third kappa shape index (κ3) is 5.77. The number of aliphatic hydroxyl groups is 1. The number of anilines is 3. The molecule has 12 heteroatoms. The van der Waals surface area contributed by atoms with Crippen molar-refractivity contribution in [2.24, 2.45) is 5.92 Å². The Morgan fingerprint density at radius 3 is 2.43 bits per heavy atom. The molecule has 5 aromatic rings. The highest BCUT2D eigenvalue weighted by Crippen LogP contribution is 2.60. The van der Waals surface area contributed by atoms with Gasteiger partial charge in [0.25, 0.3) is 11.8 Å². The Morgan fingerprint density at radius 2 is 1.69 bits per heavy atom. The SMILES string of the molecule is C=CCN1C(=O)[C@@]2(O[C@@H](CCn3cc(C(CO)c4ccccc4)nn3)[C@H]([Si](C)(C)O)[C@H]2C)c2cc(N3C(=O)c4ccccc4Oc4ccccc43)ccc21. The Morgan fingerprint density at radius 1 is 0.963 bits per heavy atom. The maximum Gasteiger partial charge on any atom is 0.266 e. The number of carbonyl (C=O) groups excluding carboxylic acids is 2. The number of aliphatic hydroxyl groups excluding tert-OH is 1. The molecule has 2 N–H and O–H groups in total. The van der Waals surface area contributed by atoms with E-state index in [4.69, 9.17) is 9.47 Å². The van der Waals surface area contributed by atoms with Crippen LogP contribution in [-0.4, -0.2) is 64.3 Å². The van der Waals surface area contributed by atoms with E-state index in [1.807, 2.05) is 105 Å². The van der Waals surface area contributed by atoms with E-state index in [0.717, 1.165) is 5.56 Å². The summed E-state index contributed by atoms with van der Waals surface area (Å²) in [5.41, 5.74) is 2.71. The molecule has 4 aromatic carbocycles. The first-order chi connectivity index (χ1) is 26.1. The van der Waals surface area contributed by atoms with Gasteiger partial charge in [-0.1, -0.05) is 72.8 Å². The van der Waals surface area contributed by atoms with Gasteiger partial charge in [0, 0.05) is 42.0 Å². The first-order valence-electron chi connectivity index (χ1n) is 18.3. The predicted molar refractivity (Wildman–Crippen MR) is 208 cm³/mol. The van der Waals surface area contributed by atoms with Crippen LogP contribution in [0.15, 0.2) is 116 Å². The van der Waals surface area contributed by atoms with Crippen molar-refractivity contribution in [1.82, 2.24) is 15.0 Å². The van der Waals surface area contributed by atoms with Crippen molar-refractivity contribution in [2.75, 3.05) is 23.0 Å². The van der Waals surface area contributed by atoms with Gasteiger partial charge in [0.05, 0.1) is 41.3 Å². The fourth-order valence-corrected chi connectivity index (χ4v) is 11.3. The van der Waals surface area contributed by atoms with Gasteiger partial charge in [0.15, 0.2) is 19.7 Å². The highest BCUT2D eigenvalue weighted by molar-refractivity contribution is 6.71. The molecule has 5 atom stereocenters. The van der Waals surface area contributed by atoms with Crippen molar-refractivity contribution in [1.29, 1.82) is 0 Å². The zero-order valence-electron chi connectivity index (χ0n) is 30.5. The summed E-state index contributed by atoms with van der Waals surface area (Å²) in [5, 5.41) is 19.0. The Balaban J connectivity index is 1.17. The Bertz CT molecular complexity index is 2240. The minimum atomic E-state index is -2.96. The highest BCUT2D eigenvalue weighted by Gasteiger charge is 2.66. The lowest BCUT2D eigenvalue weighted by atomic mass is 9.82. The molecule has 4 heterocycles. The zero-order chi connectivity index (χ0) is 37.8. The van der Waals surface area contributed by atoms with Crippen molar-refractivity contribution in [3.8, 4) is 11.5 Å². The number of nitrogens with zero attached hydrogens (tertiary/aromatic N) is 5. The average molecular weight is 742 g/mol. The fourth-order valence-electron chi connectivity index (χ4n) is 8.75. The van der Waals surface area contributed by atoms with E-state index >= 15 is 0 Å². The third-order valence-corrected chi connectivity index (χ3v) is 13.6. The number of rotatable bonds is 10. The quantitative estimate of drug-likeness (QED) is 0.117. The van der Waals surface area contributed by atoms with E-state index < -0.39 is 25.9 Å². The van der Waals surface area contributed by atoms with Crippen LogP contribution in [0.2, 0.25) is 18.6 Å². The molecule has 8 rings (SSSR count).